The summed E-state index contributed by atoms with van der Waals surface area (Å²) in [5, 5.41) is 19.3. The number of aliphatic hydroxyl groups excluding tert-OH is 2. The van der Waals surface area contributed by atoms with Crippen molar-refractivity contribution in [1.82, 2.24) is 19.5 Å². The molecule has 4 radical (unpaired) electrons. The second-order valence-corrected chi connectivity index (χ2v) is 4.71. The Hall–Kier alpha value is -1.21. The molecule has 5 N–H and O–H groups in total. The van der Waals surface area contributed by atoms with Crippen LogP contribution in [-0.4, -0.2) is 85.7 Å². The smallest absolute Gasteiger partial charge is 0.280 e. The minimum Gasteiger partial charge on any atom is -0.394 e. The number of fused-ring (bicyclic) bond motifs is 1. The maximum absolute atomic E-state index is 11.8. The Balaban J connectivity index is 0.00000176. The van der Waals surface area contributed by atoms with E-state index >= 15 is 0 Å². The molecule has 2 aromatic heterocycles. The first kappa shape index (κ1) is 17.1. The van der Waals surface area contributed by atoms with E-state index in [4.69, 9.17) is 15.2 Å². The molecule has 1 aliphatic rings. The first-order valence-electron chi connectivity index (χ1n) is 6.26. The maximum atomic E-state index is 11.8. The number of nitrogens with one attached hydrogen (secondary N) is 1. The van der Waals surface area contributed by atoms with Gasteiger partial charge in [-0.3, -0.25) is 14.3 Å². The standard InChI is InChI=1S/C11H15N5O5.Sn/c1-20-7-6(18)4(2-17)21-10(7)16-3-13-5-8(16)14-11(12)15-9(5)19;/h3-4,6-7,10,17-18H,2H2,1H3,(H3,12,14,15,19);/t4-,6-,7-,10-;/m1./s1. The molecule has 10 nitrogen and oxygen atoms in total. The third-order valence-corrected chi connectivity index (χ3v) is 3.49. The number of ether oxygens (including phenoxy) is 2. The molecule has 2 aromatic rings. The second-order valence-electron chi connectivity index (χ2n) is 4.71. The van der Waals surface area contributed by atoms with Crippen LogP contribution in [0.2, 0.25) is 0 Å². The molecule has 22 heavy (non-hydrogen) atoms. The molecule has 0 aliphatic carbocycles. The molecule has 3 heterocycles. The largest absolute Gasteiger partial charge is 0.394 e. The molecule has 1 fully saturated rings. The number of hydrogen-bond acceptors (Lipinski definition) is 8. The third-order valence-electron chi connectivity index (χ3n) is 3.49. The van der Waals surface area contributed by atoms with Crippen molar-refractivity contribution in [3.63, 3.8) is 0 Å². The number of nitrogens with zero attached hydrogens (tertiary/aromatic N) is 3. The van der Waals surface area contributed by atoms with Gasteiger partial charge in [-0.2, -0.15) is 4.98 Å². The third kappa shape index (κ3) is 2.60. The zero-order valence-electron chi connectivity index (χ0n) is 11.6. The minimum atomic E-state index is -1.01. The summed E-state index contributed by atoms with van der Waals surface area (Å²) >= 11 is 0. The summed E-state index contributed by atoms with van der Waals surface area (Å²) in [5.74, 6) is -0.0551. The van der Waals surface area contributed by atoms with Crippen molar-refractivity contribution in [2.24, 2.45) is 0 Å². The van der Waals surface area contributed by atoms with Crippen LogP contribution >= 0.6 is 0 Å². The molecule has 0 unspecified atom stereocenters. The van der Waals surface area contributed by atoms with Crippen molar-refractivity contribution in [3.8, 4) is 0 Å². The van der Waals surface area contributed by atoms with E-state index in [2.05, 4.69) is 15.0 Å². The number of imidazole rings is 1. The number of aliphatic hydroxyl groups is 2. The number of H-pyrrole nitrogens is 1. The van der Waals surface area contributed by atoms with Gasteiger partial charge in [0.15, 0.2) is 17.4 Å². The molecule has 4 atom stereocenters. The van der Waals surface area contributed by atoms with Crippen LogP contribution in [0.3, 0.4) is 0 Å². The number of methoxy groups -OCH3 is 1. The van der Waals surface area contributed by atoms with E-state index in [1.807, 2.05) is 0 Å². The average Bonchev–Trinajstić information content (AvgIpc) is 2.99. The van der Waals surface area contributed by atoms with Gasteiger partial charge < -0.3 is 25.4 Å². The summed E-state index contributed by atoms with van der Waals surface area (Å²) in [4.78, 5) is 22.1. The van der Waals surface area contributed by atoms with Gasteiger partial charge >= 0.3 is 0 Å². The molecule has 118 valence electrons. The minimum absolute atomic E-state index is 0. The summed E-state index contributed by atoms with van der Waals surface area (Å²) in [5.41, 5.74) is 5.38. The second kappa shape index (κ2) is 6.50. The fourth-order valence-electron chi connectivity index (χ4n) is 2.48. The molecule has 1 saturated heterocycles. The van der Waals surface area contributed by atoms with E-state index < -0.39 is 30.1 Å². The van der Waals surface area contributed by atoms with Crippen LogP contribution in [0.5, 0.6) is 0 Å². The zero-order valence-corrected chi connectivity index (χ0v) is 14.5. The number of nitrogens with two attached hydrogens (primary N) is 1. The molecule has 0 spiro atoms. The molecule has 11 heteroatoms. The van der Waals surface area contributed by atoms with Gasteiger partial charge in [0.25, 0.3) is 5.56 Å². The quantitative estimate of drug-likeness (QED) is 0.405. The number of aromatic nitrogens is 4. The van der Waals surface area contributed by atoms with Crippen molar-refractivity contribution in [1.29, 1.82) is 0 Å². The Kier molecular flexibility index (Phi) is 5.06. The van der Waals surface area contributed by atoms with Gasteiger partial charge in [-0.25, -0.2) is 4.98 Å². The first-order chi connectivity index (χ1) is 10.1. The monoisotopic (exact) mass is 417 g/mol. The summed E-state index contributed by atoms with van der Waals surface area (Å²) < 4.78 is 12.2. The van der Waals surface area contributed by atoms with E-state index in [0.717, 1.165) is 0 Å². The fraction of sp³-hybridized carbons (Fsp3) is 0.545. The van der Waals surface area contributed by atoms with Gasteiger partial charge in [0.1, 0.15) is 18.3 Å². The molecule has 1 aliphatic heterocycles. The average molecular weight is 416 g/mol. The molecule has 3 rings (SSSR count). The Morgan fingerprint density at radius 3 is 2.95 bits per heavy atom. The number of anilines is 1. The predicted octanol–water partition coefficient (Wildman–Crippen LogP) is -2.41. The molecule has 0 aromatic carbocycles. The normalized spacial score (nSPS) is 28.0. The van der Waals surface area contributed by atoms with Crippen LogP contribution in [-0.2, 0) is 9.47 Å². The molecular formula is C11H15N5O5Sn. The Bertz CT molecular complexity index is 718. The Morgan fingerprint density at radius 1 is 1.59 bits per heavy atom. The molecular weight excluding hydrogens is 401 g/mol. The van der Waals surface area contributed by atoms with E-state index in [0.29, 0.717) is 0 Å². The van der Waals surface area contributed by atoms with E-state index in [-0.39, 0.29) is 47.6 Å². The van der Waals surface area contributed by atoms with Crippen LogP contribution in [0.25, 0.3) is 11.2 Å². The number of aromatic amines is 1. The first-order valence-corrected chi connectivity index (χ1v) is 6.26. The van der Waals surface area contributed by atoms with Crippen LogP contribution in [0.1, 0.15) is 6.23 Å². The van der Waals surface area contributed by atoms with E-state index in [1.165, 1.54) is 18.0 Å². The van der Waals surface area contributed by atoms with Gasteiger partial charge in [-0.05, 0) is 0 Å². The van der Waals surface area contributed by atoms with Crippen molar-refractivity contribution in [3.05, 3.63) is 16.7 Å². The van der Waals surface area contributed by atoms with Crippen molar-refractivity contribution in [2.45, 2.75) is 24.5 Å². The van der Waals surface area contributed by atoms with Crippen molar-refractivity contribution < 1.29 is 19.7 Å². The summed E-state index contributed by atoms with van der Waals surface area (Å²) in [6, 6.07) is 0. The number of hydrogen-bond donors (Lipinski definition) is 4. The molecule has 0 saturated carbocycles. The Morgan fingerprint density at radius 2 is 2.32 bits per heavy atom. The summed E-state index contributed by atoms with van der Waals surface area (Å²) in [7, 11) is 1.41. The van der Waals surface area contributed by atoms with Gasteiger partial charge in [0, 0.05) is 31.0 Å². The maximum Gasteiger partial charge on any atom is 0.280 e. The van der Waals surface area contributed by atoms with Crippen molar-refractivity contribution >= 4 is 41.0 Å². The summed E-state index contributed by atoms with van der Waals surface area (Å²) in [6.45, 7) is -0.361. The van der Waals surface area contributed by atoms with Crippen LogP contribution in [0, 0.1) is 0 Å². The van der Waals surface area contributed by atoms with Crippen LogP contribution in [0.4, 0.5) is 5.95 Å². The predicted molar refractivity (Wildman–Crippen MR) is 76.1 cm³/mol. The van der Waals surface area contributed by atoms with Gasteiger partial charge in [0.05, 0.1) is 12.9 Å². The SMILES string of the molecule is CO[C@@H]1[C@H](O)[C@@H](CO)O[C@H]1n1cnc2c(=O)[nH]c(N)nc21.[Sn]. The van der Waals surface area contributed by atoms with E-state index in [9.17, 15) is 15.0 Å². The summed E-state index contributed by atoms with van der Waals surface area (Å²) in [6.07, 6.45) is -1.96. The molecule has 0 bridgehead atoms. The van der Waals surface area contributed by atoms with Crippen LogP contribution in [0.15, 0.2) is 11.1 Å². The zero-order chi connectivity index (χ0) is 15.1. The fourth-order valence-corrected chi connectivity index (χ4v) is 2.48. The number of rotatable bonds is 3. The topological polar surface area (TPSA) is 149 Å². The van der Waals surface area contributed by atoms with Gasteiger partial charge in [-0.15, -0.1) is 0 Å². The van der Waals surface area contributed by atoms with Gasteiger partial charge in [0.2, 0.25) is 5.95 Å². The van der Waals surface area contributed by atoms with Crippen LogP contribution < -0.4 is 11.3 Å². The molecule has 0 amide bonds. The van der Waals surface area contributed by atoms with Crippen molar-refractivity contribution in [2.75, 3.05) is 19.5 Å². The van der Waals surface area contributed by atoms with E-state index in [1.54, 1.807) is 0 Å². The number of nitrogen functional groups attached to an aromatic ring is 1. The Labute approximate surface area is 141 Å². The van der Waals surface area contributed by atoms with Gasteiger partial charge in [-0.1, -0.05) is 0 Å².